The minimum Gasteiger partial charge on any atom is -0.308 e. The van der Waals surface area contributed by atoms with Crippen molar-refractivity contribution >= 4 is 11.6 Å². The maximum Gasteiger partial charge on any atom is 0.244 e. The third kappa shape index (κ3) is 3.13. The number of piperidine rings is 1. The van der Waals surface area contributed by atoms with E-state index in [1.807, 2.05) is 35.1 Å². The molecule has 3 heterocycles. The molecule has 0 bridgehead atoms. The van der Waals surface area contributed by atoms with Gasteiger partial charge in [0.15, 0.2) is 0 Å². The van der Waals surface area contributed by atoms with Crippen LogP contribution in [0.25, 0.3) is 0 Å². The maximum absolute atomic E-state index is 12.5. The third-order valence-corrected chi connectivity index (χ3v) is 3.73. The van der Waals surface area contributed by atoms with E-state index in [4.69, 9.17) is 0 Å². The van der Waals surface area contributed by atoms with Gasteiger partial charge in [0.05, 0.1) is 24.5 Å². The van der Waals surface area contributed by atoms with Gasteiger partial charge in [0, 0.05) is 38.7 Å². The Balaban J connectivity index is 1.57. The van der Waals surface area contributed by atoms with Gasteiger partial charge in [0.2, 0.25) is 5.91 Å². The molecule has 21 heavy (non-hydrogen) atoms. The van der Waals surface area contributed by atoms with Crippen molar-refractivity contribution in [3.8, 4) is 0 Å². The smallest absolute Gasteiger partial charge is 0.244 e. The highest BCUT2D eigenvalue weighted by Gasteiger charge is 2.29. The Morgan fingerprint density at radius 3 is 3.05 bits per heavy atom. The number of anilines is 1. The molecular weight excluding hydrogens is 268 g/mol. The van der Waals surface area contributed by atoms with Gasteiger partial charge in [-0.1, -0.05) is 0 Å². The number of rotatable bonds is 5. The van der Waals surface area contributed by atoms with Gasteiger partial charge in [-0.3, -0.25) is 14.2 Å². The molecule has 0 aromatic carbocycles. The number of aromatic nitrogens is 4. The second kappa shape index (κ2) is 6.09. The van der Waals surface area contributed by atoms with E-state index in [1.165, 1.54) is 0 Å². The van der Waals surface area contributed by atoms with Crippen molar-refractivity contribution in [3.05, 3.63) is 30.9 Å². The van der Waals surface area contributed by atoms with Crippen LogP contribution in [-0.2, 0) is 18.4 Å². The molecule has 1 amide bonds. The average molecular weight is 288 g/mol. The molecule has 7 heteroatoms. The molecule has 2 aromatic heterocycles. The van der Waals surface area contributed by atoms with E-state index < -0.39 is 0 Å². The van der Waals surface area contributed by atoms with Crippen molar-refractivity contribution in [1.82, 2.24) is 24.9 Å². The molecule has 1 aliphatic heterocycles. The van der Waals surface area contributed by atoms with E-state index in [0.29, 0.717) is 0 Å². The van der Waals surface area contributed by atoms with Gasteiger partial charge in [-0.05, 0) is 18.9 Å². The van der Waals surface area contributed by atoms with Gasteiger partial charge in [-0.2, -0.15) is 10.2 Å². The van der Waals surface area contributed by atoms with Crippen LogP contribution in [0.1, 0.15) is 12.8 Å². The number of carbonyl (C=O) groups is 1. The number of nitrogens with one attached hydrogen (secondary N) is 1. The predicted octanol–water partition coefficient (Wildman–Crippen LogP) is 0.402. The predicted molar refractivity (Wildman–Crippen MR) is 78.8 cm³/mol. The molecule has 1 saturated heterocycles. The summed E-state index contributed by atoms with van der Waals surface area (Å²) < 4.78 is 3.58. The zero-order valence-electron chi connectivity index (χ0n) is 12.1. The summed E-state index contributed by atoms with van der Waals surface area (Å²) in [5, 5.41) is 11.6. The SMILES string of the molecule is Cn1cc(N2CCCC(NCCn3cccn3)C2=O)cn1. The first-order valence-corrected chi connectivity index (χ1v) is 7.25. The molecule has 1 unspecified atom stereocenters. The van der Waals surface area contributed by atoms with Crippen LogP contribution in [0.2, 0.25) is 0 Å². The lowest BCUT2D eigenvalue weighted by molar-refractivity contribution is -0.121. The summed E-state index contributed by atoms with van der Waals surface area (Å²) in [6, 6.07) is 1.78. The van der Waals surface area contributed by atoms with Crippen LogP contribution in [0.4, 0.5) is 5.69 Å². The quantitative estimate of drug-likeness (QED) is 0.865. The van der Waals surface area contributed by atoms with Crippen molar-refractivity contribution in [2.45, 2.75) is 25.4 Å². The van der Waals surface area contributed by atoms with Crippen molar-refractivity contribution in [3.63, 3.8) is 0 Å². The Labute approximate surface area is 123 Å². The molecule has 1 fully saturated rings. The highest BCUT2D eigenvalue weighted by Crippen LogP contribution is 2.20. The molecule has 0 spiro atoms. The van der Waals surface area contributed by atoms with Crippen LogP contribution in [0.15, 0.2) is 30.9 Å². The van der Waals surface area contributed by atoms with Crippen molar-refractivity contribution in [1.29, 1.82) is 0 Å². The van der Waals surface area contributed by atoms with Crippen LogP contribution in [0, 0.1) is 0 Å². The third-order valence-electron chi connectivity index (χ3n) is 3.73. The van der Waals surface area contributed by atoms with Gasteiger partial charge < -0.3 is 10.2 Å². The number of nitrogens with zero attached hydrogens (tertiary/aromatic N) is 5. The Hall–Kier alpha value is -2.15. The van der Waals surface area contributed by atoms with E-state index in [-0.39, 0.29) is 11.9 Å². The molecule has 1 aliphatic rings. The average Bonchev–Trinajstić information content (AvgIpc) is 3.12. The van der Waals surface area contributed by atoms with Gasteiger partial charge in [0.1, 0.15) is 0 Å². The molecule has 0 radical (unpaired) electrons. The highest BCUT2D eigenvalue weighted by atomic mass is 16.2. The normalized spacial score (nSPS) is 19.2. The number of hydrogen-bond donors (Lipinski definition) is 1. The summed E-state index contributed by atoms with van der Waals surface area (Å²) in [7, 11) is 1.86. The minimum absolute atomic E-state index is 0.116. The lowest BCUT2D eigenvalue weighted by Gasteiger charge is -2.31. The number of carbonyl (C=O) groups excluding carboxylic acids is 1. The fourth-order valence-corrected chi connectivity index (χ4v) is 2.65. The summed E-state index contributed by atoms with van der Waals surface area (Å²) in [6.07, 6.45) is 9.19. The molecular formula is C14H20N6O. The highest BCUT2D eigenvalue weighted by molar-refractivity contribution is 5.97. The number of amides is 1. The second-order valence-electron chi connectivity index (χ2n) is 5.28. The maximum atomic E-state index is 12.5. The number of hydrogen-bond acceptors (Lipinski definition) is 4. The van der Waals surface area contributed by atoms with E-state index >= 15 is 0 Å². The Kier molecular flexibility index (Phi) is 4.01. The first kappa shape index (κ1) is 13.8. The van der Waals surface area contributed by atoms with E-state index in [9.17, 15) is 4.79 Å². The van der Waals surface area contributed by atoms with Gasteiger partial charge in [0.25, 0.3) is 0 Å². The summed E-state index contributed by atoms with van der Waals surface area (Å²) in [5.41, 5.74) is 0.876. The first-order valence-electron chi connectivity index (χ1n) is 7.25. The van der Waals surface area contributed by atoms with Gasteiger partial charge in [-0.15, -0.1) is 0 Å². The lowest BCUT2D eigenvalue weighted by Crippen LogP contribution is -2.51. The summed E-state index contributed by atoms with van der Waals surface area (Å²) in [6.45, 7) is 2.27. The minimum atomic E-state index is -0.116. The lowest BCUT2D eigenvalue weighted by atomic mass is 10.0. The fraction of sp³-hybridized carbons (Fsp3) is 0.500. The van der Waals surface area contributed by atoms with Crippen molar-refractivity contribution in [2.75, 3.05) is 18.0 Å². The Bertz CT molecular complexity index is 590. The summed E-state index contributed by atoms with van der Waals surface area (Å²) in [4.78, 5) is 14.4. The Morgan fingerprint density at radius 1 is 1.43 bits per heavy atom. The van der Waals surface area contributed by atoms with Crippen molar-refractivity contribution < 1.29 is 4.79 Å². The molecule has 3 rings (SSSR count). The largest absolute Gasteiger partial charge is 0.308 e. The van der Waals surface area contributed by atoms with Gasteiger partial charge in [-0.25, -0.2) is 0 Å². The van der Waals surface area contributed by atoms with Crippen LogP contribution in [-0.4, -0.2) is 44.6 Å². The van der Waals surface area contributed by atoms with Crippen LogP contribution >= 0.6 is 0 Å². The molecule has 7 nitrogen and oxygen atoms in total. The molecule has 1 atom stereocenters. The summed E-state index contributed by atoms with van der Waals surface area (Å²) in [5.74, 6) is 0.134. The fourth-order valence-electron chi connectivity index (χ4n) is 2.65. The van der Waals surface area contributed by atoms with Crippen LogP contribution in [0.3, 0.4) is 0 Å². The molecule has 0 saturated carbocycles. The van der Waals surface area contributed by atoms with E-state index in [1.54, 1.807) is 17.1 Å². The Morgan fingerprint density at radius 2 is 2.33 bits per heavy atom. The molecule has 112 valence electrons. The molecule has 2 aromatic rings. The van der Waals surface area contributed by atoms with Crippen LogP contribution < -0.4 is 10.2 Å². The molecule has 0 aliphatic carbocycles. The summed E-state index contributed by atoms with van der Waals surface area (Å²) >= 11 is 0. The first-order chi connectivity index (χ1) is 10.2. The monoisotopic (exact) mass is 288 g/mol. The van der Waals surface area contributed by atoms with Gasteiger partial charge >= 0.3 is 0 Å². The standard InChI is InChI=1S/C14H20N6O/c1-18-11-12(10-17-18)20-8-2-4-13(14(20)21)15-6-9-19-7-3-5-16-19/h3,5,7,10-11,13,15H,2,4,6,8-9H2,1H3. The van der Waals surface area contributed by atoms with Crippen LogP contribution in [0.5, 0.6) is 0 Å². The zero-order valence-corrected chi connectivity index (χ0v) is 12.1. The van der Waals surface area contributed by atoms with E-state index in [0.717, 1.165) is 38.2 Å². The van der Waals surface area contributed by atoms with E-state index in [2.05, 4.69) is 15.5 Å². The molecule has 1 N–H and O–H groups in total. The zero-order chi connectivity index (χ0) is 14.7. The van der Waals surface area contributed by atoms with Crippen molar-refractivity contribution in [2.24, 2.45) is 7.05 Å². The topological polar surface area (TPSA) is 68.0 Å². The second-order valence-corrected chi connectivity index (χ2v) is 5.28. The number of aryl methyl sites for hydroxylation is 1.